The number of hydrogen-bond donors (Lipinski definition) is 2. The molecule has 3 rings (SSSR count). The monoisotopic (exact) mass is 287 g/mol. The quantitative estimate of drug-likeness (QED) is 0.562. The number of halogens is 1. The molecule has 3 N–H and O–H groups in total. The van der Waals surface area contributed by atoms with E-state index in [9.17, 15) is 0 Å². The van der Waals surface area contributed by atoms with E-state index in [2.05, 4.69) is 15.5 Å². The van der Waals surface area contributed by atoms with Crippen molar-refractivity contribution in [2.45, 2.75) is 13.8 Å². The molecule has 0 fully saturated rings. The van der Waals surface area contributed by atoms with Gasteiger partial charge in [-0.25, -0.2) is 10.8 Å². The average molecular weight is 288 g/mol. The second-order valence-electron chi connectivity index (χ2n) is 4.63. The third-order valence-corrected chi connectivity index (χ3v) is 3.42. The third kappa shape index (κ3) is 2.01. The van der Waals surface area contributed by atoms with Gasteiger partial charge in [0.15, 0.2) is 5.65 Å². The SMILES string of the molecule is Cc1cc(NN)n2nc(C)c(-c3ccc(Cl)cc3)c2n1. The van der Waals surface area contributed by atoms with Crippen LogP contribution in [0.3, 0.4) is 0 Å². The number of nitrogen functional groups attached to an aromatic ring is 1. The number of nitrogens with zero attached hydrogens (tertiary/aromatic N) is 3. The van der Waals surface area contributed by atoms with Crippen LogP contribution in [-0.2, 0) is 0 Å². The van der Waals surface area contributed by atoms with Gasteiger partial charge in [-0.1, -0.05) is 23.7 Å². The van der Waals surface area contributed by atoms with Gasteiger partial charge >= 0.3 is 0 Å². The highest BCUT2D eigenvalue weighted by molar-refractivity contribution is 6.30. The van der Waals surface area contributed by atoms with E-state index in [1.165, 1.54) is 0 Å². The molecule has 0 saturated carbocycles. The van der Waals surface area contributed by atoms with Crippen LogP contribution in [0.4, 0.5) is 5.82 Å². The Balaban J connectivity index is 2.33. The predicted molar refractivity (Wildman–Crippen MR) is 80.7 cm³/mol. The third-order valence-electron chi connectivity index (χ3n) is 3.17. The molecule has 102 valence electrons. The standard InChI is InChI=1S/C14H14ClN5/c1-8-7-12(18-16)20-14(17-8)13(9(2)19-20)10-3-5-11(15)6-4-10/h3-7,18H,16H2,1-2H3. The molecule has 0 saturated heterocycles. The van der Waals surface area contributed by atoms with E-state index in [0.717, 1.165) is 28.2 Å². The molecule has 3 aromatic rings. The summed E-state index contributed by atoms with van der Waals surface area (Å²) in [6.07, 6.45) is 0. The van der Waals surface area contributed by atoms with Gasteiger partial charge in [-0.05, 0) is 31.5 Å². The molecular formula is C14H14ClN5. The fourth-order valence-electron chi connectivity index (χ4n) is 2.30. The van der Waals surface area contributed by atoms with Gasteiger partial charge in [-0.15, -0.1) is 0 Å². The van der Waals surface area contributed by atoms with Crippen molar-refractivity contribution in [3.8, 4) is 11.1 Å². The van der Waals surface area contributed by atoms with Gasteiger partial charge in [0.2, 0.25) is 0 Å². The minimum Gasteiger partial charge on any atom is -0.308 e. The Morgan fingerprint density at radius 1 is 1.20 bits per heavy atom. The van der Waals surface area contributed by atoms with Crippen LogP contribution in [-0.4, -0.2) is 14.6 Å². The Hall–Kier alpha value is -2.11. The number of benzene rings is 1. The topological polar surface area (TPSA) is 68.2 Å². The lowest BCUT2D eigenvalue weighted by molar-refractivity contribution is 0.908. The number of aryl methyl sites for hydroxylation is 2. The summed E-state index contributed by atoms with van der Waals surface area (Å²) in [7, 11) is 0. The van der Waals surface area contributed by atoms with E-state index < -0.39 is 0 Å². The van der Waals surface area contributed by atoms with Gasteiger partial charge in [0, 0.05) is 22.3 Å². The van der Waals surface area contributed by atoms with Crippen molar-refractivity contribution >= 4 is 23.1 Å². The molecule has 20 heavy (non-hydrogen) atoms. The van der Waals surface area contributed by atoms with Gasteiger partial charge in [0.05, 0.1) is 5.69 Å². The zero-order chi connectivity index (χ0) is 14.3. The second kappa shape index (κ2) is 4.77. The van der Waals surface area contributed by atoms with E-state index in [-0.39, 0.29) is 0 Å². The number of fused-ring (bicyclic) bond motifs is 1. The van der Waals surface area contributed by atoms with E-state index in [1.807, 2.05) is 44.2 Å². The minimum absolute atomic E-state index is 0.704. The van der Waals surface area contributed by atoms with Crippen LogP contribution in [0.2, 0.25) is 5.02 Å². The Morgan fingerprint density at radius 3 is 2.55 bits per heavy atom. The Labute approximate surface area is 121 Å². The van der Waals surface area contributed by atoms with Crippen molar-refractivity contribution in [1.82, 2.24) is 14.6 Å². The zero-order valence-electron chi connectivity index (χ0n) is 11.2. The Kier molecular flexibility index (Phi) is 3.08. The van der Waals surface area contributed by atoms with Crippen molar-refractivity contribution in [1.29, 1.82) is 0 Å². The molecule has 0 amide bonds. The summed E-state index contributed by atoms with van der Waals surface area (Å²) in [5.41, 5.74) is 7.21. The molecule has 0 aliphatic carbocycles. The molecule has 0 aliphatic heterocycles. The number of anilines is 1. The summed E-state index contributed by atoms with van der Waals surface area (Å²) in [5.74, 6) is 6.25. The predicted octanol–water partition coefficient (Wildman–Crippen LogP) is 2.95. The van der Waals surface area contributed by atoms with Gasteiger partial charge in [0.1, 0.15) is 5.82 Å². The van der Waals surface area contributed by atoms with E-state index in [0.29, 0.717) is 10.8 Å². The van der Waals surface area contributed by atoms with Crippen LogP contribution in [0.25, 0.3) is 16.8 Å². The largest absolute Gasteiger partial charge is 0.308 e. The number of hydrogen-bond acceptors (Lipinski definition) is 4. The first-order valence-electron chi connectivity index (χ1n) is 6.19. The molecule has 2 heterocycles. The summed E-state index contributed by atoms with van der Waals surface area (Å²) in [5, 5.41) is 5.21. The first kappa shape index (κ1) is 12.9. The molecular weight excluding hydrogens is 274 g/mol. The van der Waals surface area contributed by atoms with Gasteiger partial charge < -0.3 is 5.43 Å². The molecule has 0 atom stereocenters. The lowest BCUT2D eigenvalue weighted by atomic mass is 10.1. The fourth-order valence-corrected chi connectivity index (χ4v) is 2.43. The van der Waals surface area contributed by atoms with Crippen LogP contribution in [0.15, 0.2) is 30.3 Å². The summed E-state index contributed by atoms with van der Waals surface area (Å²) < 4.78 is 1.71. The summed E-state index contributed by atoms with van der Waals surface area (Å²) in [6, 6.07) is 9.50. The first-order valence-corrected chi connectivity index (χ1v) is 6.57. The molecule has 0 radical (unpaired) electrons. The maximum Gasteiger partial charge on any atom is 0.165 e. The normalized spacial score (nSPS) is 11.0. The van der Waals surface area contributed by atoms with Crippen LogP contribution < -0.4 is 11.3 Å². The number of aromatic nitrogens is 3. The van der Waals surface area contributed by atoms with E-state index in [1.54, 1.807) is 4.52 Å². The highest BCUT2D eigenvalue weighted by Crippen LogP contribution is 2.29. The van der Waals surface area contributed by atoms with E-state index >= 15 is 0 Å². The molecule has 0 spiro atoms. The van der Waals surface area contributed by atoms with Gasteiger partial charge in [0.25, 0.3) is 0 Å². The van der Waals surface area contributed by atoms with Gasteiger partial charge in [-0.2, -0.15) is 9.61 Å². The number of nitrogens with one attached hydrogen (secondary N) is 1. The molecule has 2 aromatic heterocycles. The summed E-state index contributed by atoms with van der Waals surface area (Å²) >= 11 is 5.94. The fraction of sp³-hybridized carbons (Fsp3) is 0.143. The summed E-state index contributed by atoms with van der Waals surface area (Å²) in [4.78, 5) is 4.58. The first-order chi connectivity index (χ1) is 9.60. The lowest BCUT2D eigenvalue weighted by Crippen LogP contribution is -2.12. The van der Waals surface area contributed by atoms with Crippen molar-refractivity contribution in [3.05, 3.63) is 46.7 Å². The molecule has 0 bridgehead atoms. The van der Waals surface area contributed by atoms with Crippen LogP contribution in [0.1, 0.15) is 11.4 Å². The second-order valence-corrected chi connectivity index (χ2v) is 5.07. The number of nitrogens with two attached hydrogens (primary N) is 1. The molecule has 6 heteroatoms. The molecule has 5 nitrogen and oxygen atoms in total. The maximum atomic E-state index is 5.94. The molecule has 0 unspecified atom stereocenters. The highest BCUT2D eigenvalue weighted by atomic mass is 35.5. The Bertz CT molecular complexity index is 776. The molecule has 1 aromatic carbocycles. The molecule has 0 aliphatic rings. The van der Waals surface area contributed by atoms with Crippen molar-refractivity contribution in [2.24, 2.45) is 5.84 Å². The smallest absolute Gasteiger partial charge is 0.165 e. The summed E-state index contributed by atoms with van der Waals surface area (Å²) in [6.45, 7) is 3.88. The lowest BCUT2D eigenvalue weighted by Gasteiger charge is -2.05. The number of hydrazine groups is 1. The van der Waals surface area contributed by atoms with E-state index in [4.69, 9.17) is 17.4 Å². The Morgan fingerprint density at radius 2 is 1.90 bits per heavy atom. The van der Waals surface area contributed by atoms with Crippen molar-refractivity contribution in [3.63, 3.8) is 0 Å². The van der Waals surface area contributed by atoms with Crippen molar-refractivity contribution < 1.29 is 0 Å². The number of rotatable bonds is 2. The maximum absolute atomic E-state index is 5.94. The van der Waals surface area contributed by atoms with Crippen LogP contribution in [0, 0.1) is 13.8 Å². The average Bonchev–Trinajstić information content (AvgIpc) is 2.75. The van der Waals surface area contributed by atoms with Crippen LogP contribution >= 0.6 is 11.6 Å². The van der Waals surface area contributed by atoms with Gasteiger partial charge in [-0.3, -0.25) is 0 Å². The highest BCUT2D eigenvalue weighted by Gasteiger charge is 2.15. The van der Waals surface area contributed by atoms with Crippen molar-refractivity contribution in [2.75, 3.05) is 5.43 Å². The zero-order valence-corrected chi connectivity index (χ0v) is 11.9. The van der Waals surface area contributed by atoms with Crippen LogP contribution in [0.5, 0.6) is 0 Å². The minimum atomic E-state index is 0.704.